The Labute approximate surface area is 127 Å². The van der Waals surface area contributed by atoms with E-state index in [0.29, 0.717) is 13.2 Å². The van der Waals surface area contributed by atoms with E-state index in [0.717, 1.165) is 30.1 Å². The van der Waals surface area contributed by atoms with E-state index in [4.69, 9.17) is 21.1 Å². The largest absolute Gasteiger partial charge is 0.376 e. The molecule has 0 aliphatic rings. The van der Waals surface area contributed by atoms with Crippen LogP contribution >= 0.6 is 11.6 Å². The summed E-state index contributed by atoms with van der Waals surface area (Å²) < 4.78 is 11.4. The van der Waals surface area contributed by atoms with Crippen molar-refractivity contribution < 1.29 is 9.47 Å². The number of halogens is 1. The first-order chi connectivity index (χ1) is 9.63. The van der Waals surface area contributed by atoms with Crippen molar-refractivity contribution in [1.29, 1.82) is 0 Å². The summed E-state index contributed by atoms with van der Waals surface area (Å²) in [7, 11) is 0. The summed E-state index contributed by atoms with van der Waals surface area (Å²) in [5, 5.41) is 4.15. The summed E-state index contributed by atoms with van der Waals surface area (Å²) in [5.74, 6) is 0. The Morgan fingerprint density at radius 1 is 1.10 bits per heavy atom. The van der Waals surface area contributed by atoms with E-state index in [1.54, 1.807) is 0 Å². The molecule has 0 aromatic heterocycles. The van der Waals surface area contributed by atoms with Crippen LogP contribution in [0.2, 0.25) is 5.02 Å². The van der Waals surface area contributed by atoms with Crippen molar-refractivity contribution in [3.05, 3.63) is 34.9 Å². The molecule has 0 saturated heterocycles. The van der Waals surface area contributed by atoms with Crippen molar-refractivity contribution in [3.63, 3.8) is 0 Å². The van der Waals surface area contributed by atoms with Crippen molar-refractivity contribution in [1.82, 2.24) is 5.32 Å². The molecule has 0 saturated carbocycles. The Kier molecular flexibility index (Phi) is 8.86. The predicted octanol–water partition coefficient (Wildman–Crippen LogP) is 3.82. The van der Waals surface area contributed by atoms with Gasteiger partial charge in [0.15, 0.2) is 0 Å². The third-order valence-corrected chi connectivity index (χ3v) is 3.10. The smallest absolute Gasteiger partial charge is 0.0950 e. The summed E-state index contributed by atoms with van der Waals surface area (Å²) in [4.78, 5) is 0. The van der Waals surface area contributed by atoms with Crippen molar-refractivity contribution in [2.75, 3.05) is 26.3 Å². The summed E-state index contributed by atoms with van der Waals surface area (Å²) in [5.41, 5.74) is 1.14. The Balaban J connectivity index is 2.48. The van der Waals surface area contributed by atoms with E-state index >= 15 is 0 Å². The van der Waals surface area contributed by atoms with Gasteiger partial charge in [-0.3, -0.25) is 0 Å². The van der Waals surface area contributed by atoms with Crippen molar-refractivity contribution in [3.8, 4) is 0 Å². The number of rotatable bonds is 10. The topological polar surface area (TPSA) is 30.5 Å². The van der Waals surface area contributed by atoms with E-state index in [1.165, 1.54) is 0 Å². The molecular formula is C16H26ClNO2. The van der Waals surface area contributed by atoms with Gasteiger partial charge in [0.05, 0.1) is 25.4 Å². The third kappa shape index (κ3) is 7.25. The van der Waals surface area contributed by atoms with Gasteiger partial charge in [0.25, 0.3) is 0 Å². The zero-order chi connectivity index (χ0) is 14.8. The van der Waals surface area contributed by atoms with Crippen LogP contribution in [-0.4, -0.2) is 32.4 Å². The highest BCUT2D eigenvalue weighted by molar-refractivity contribution is 6.30. The normalized spacial score (nSPS) is 12.8. The number of hydrogen-bond acceptors (Lipinski definition) is 3. The van der Waals surface area contributed by atoms with Crippen molar-refractivity contribution >= 4 is 11.6 Å². The lowest BCUT2D eigenvalue weighted by atomic mass is 10.1. The lowest BCUT2D eigenvalue weighted by Gasteiger charge is -2.19. The number of nitrogens with one attached hydrogen (secondary N) is 1. The van der Waals surface area contributed by atoms with Gasteiger partial charge in [-0.25, -0.2) is 0 Å². The van der Waals surface area contributed by atoms with Crippen LogP contribution in [0.4, 0.5) is 0 Å². The maximum atomic E-state index is 5.93. The monoisotopic (exact) mass is 299 g/mol. The van der Waals surface area contributed by atoms with Gasteiger partial charge in [0, 0.05) is 11.6 Å². The molecule has 0 radical (unpaired) electrons. The van der Waals surface area contributed by atoms with Gasteiger partial charge in [-0.15, -0.1) is 0 Å². The molecule has 20 heavy (non-hydrogen) atoms. The molecule has 0 aliphatic heterocycles. The number of ether oxygens (including phenoxy) is 2. The second kappa shape index (κ2) is 10.2. The highest BCUT2D eigenvalue weighted by Crippen LogP contribution is 2.19. The predicted molar refractivity (Wildman–Crippen MR) is 84.4 cm³/mol. The average Bonchev–Trinajstić information content (AvgIpc) is 2.42. The summed E-state index contributed by atoms with van der Waals surface area (Å²) in [6, 6.07) is 7.84. The van der Waals surface area contributed by atoms with Gasteiger partial charge in [0.1, 0.15) is 0 Å². The molecule has 114 valence electrons. The van der Waals surface area contributed by atoms with Crippen LogP contribution in [-0.2, 0) is 9.47 Å². The molecule has 0 fully saturated rings. The molecule has 1 aromatic carbocycles. The zero-order valence-electron chi connectivity index (χ0n) is 12.7. The summed E-state index contributed by atoms with van der Waals surface area (Å²) in [6.45, 7) is 9.22. The molecule has 1 N–H and O–H groups in total. The van der Waals surface area contributed by atoms with E-state index in [1.807, 2.05) is 38.1 Å². The quantitative estimate of drug-likeness (QED) is 0.666. The van der Waals surface area contributed by atoms with E-state index < -0.39 is 0 Å². The lowest BCUT2D eigenvalue weighted by molar-refractivity contribution is -0.0129. The second-order valence-electron chi connectivity index (χ2n) is 5.03. The maximum absolute atomic E-state index is 5.93. The molecule has 0 amide bonds. The zero-order valence-corrected chi connectivity index (χ0v) is 13.5. The number of hydrogen-bond donors (Lipinski definition) is 1. The van der Waals surface area contributed by atoms with Crippen LogP contribution in [0.1, 0.15) is 38.9 Å². The second-order valence-corrected chi connectivity index (χ2v) is 5.47. The average molecular weight is 300 g/mol. The van der Waals surface area contributed by atoms with E-state index in [2.05, 4.69) is 12.2 Å². The van der Waals surface area contributed by atoms with Crippen LogP contribution in [0, 0.1) is 0 Å². The molecule has 0 aliphatic carbocycles. The standard InChI is InChI=1S/C16H26ClNO2/c1-4-9-18-12-16(20-11-10-19-13(2)3)14-5-7-15(17)8-6-14/h5-8,13,16,18H,4,9-12H2,1-3H3. The van der Waals surface area contributed by atoms with Gasteiger partial charge in [-0.1, -0.05) is 30.7 Å². The maximum Gasteiger partial charge on any atom is 0.0950 e. The van der Waals surface area contributed by atoms with Crippen molar-refractivity contribution in [2.45, 2.75) is 39.4 Å². The molecule has 0 heterocycles. The molecule has 4 heteroatoms. The molecule has 1 rings (SSSR count). The summed E-state index contributed by atoms with van der Waals surface area (Å²) in [6.07, 6.45) is 1.39. The minimum absolute atomic E-state index is 0.0366. The molecule has 1 atom stereocenters. The Bertz CT molecular complexity index is 354. The van der Waals surface area contributed by atoms with Gasteiger partial charge in [-0.2, -0.15) is 0 Å². The van der Waals surface area contributed by atoms with Crippen molar-refractivity contribution in [2.24, 2.45) is 0 Å². The SMILES string of the molecule is CCCNCC(OCCOC(C)C)c1ccc(Cl)cc1. The van der Waals surface area contributed by atoms with Crippen LogP contribution in [0.5, 0.6) is 0 Å². The first-order valence-electron chi connectivity index (χ1n) is 7.32. The Morgan fingerprint density at radius 3 is 2.35 bits per heavy atom. The molecule has 0 spiro atoms. The van der Waals surface area contributed by atoms with Gasteiger partial charge >= 0.3 is 0 Å². The van der Waals surface area contributed by atoms with Crippen LogP contribution < -0.4 is 5.32 Å². The van der Waals surface area contributed by atoms with Crippen LogP contribution in [0.3, 0.4) is 0 Å². The van der Waals surface area contributed by atoms with E-state index in [-0.39, 0.29) is 12.2 Å². The fraction of sp³-hybridized carbons (Fsp3) is 0.625. The molecule has 3 nitrogen and oxygen atoms in total. The Hall–Kier alpha value is -0.610. The van der Waals surface area contributed by atoms with E-state index in [9.17, 15) is 0 Å². The minimum atomic E-state index is 0.0366. The number of benzene rings is 1. The highest BCUT2D eigenvalue weighted by Gasteiger charge is 2.11. The van der Waals surface area contributed by atoms with Crippen LogP contribution in [0.15, 0.2) is 24.3 Å². The minimum Gasteiger partial charge on any atom is -0.376 e. The van der Waals surface area contributed by atoms with Gasteiger partial charge in [-0.05, 0) is 44.5 Å². The van der Waals surface area contributed by atoms with Gasteiger partial charge in [0.2, 0.25) is 0 Å². The fourth-order valence-corrected chi connectivity index (χ4v) is 1.96. The third-order valence-electron chi connectivity index (χ3n) is 2.85. The molecule has 1 unspecified atom stereocenters. The fourth-order valence-electron chi connectivity index (χ4n) is 1.83. The lowest BCUT2D eigenvalue weighted by Crippen LogP contribution is -2.25. The molecule has 1 aromatic rings. The molecular weight excluding hydrogens is 274 g/mol. The van der Waals surface area contributed by atoms with Crippen LogP contribution in [0.25, 0.3) is 0 Å². The van der Waals surface area contributed by atoms with Gasteiger partial charge < -0.3 is 14.8 Å². The molecule has 0 bridgehead atoms. The Morgan fingerprint density at radius 2 is 1.75 bits per heavy atom. The highest BCUT2D eigenvalue weighted by atomic mass is 35.5. The first kappa shape index (κ1) is 17.4. The first-order valence-corrected chi connectivity index (χ1v) is 7.70. The summed E-state index contributed by atoms with van der Waals surface area (Å²) >= 11 is 5.93.